The maximum atomic E-state index is 9.43. The van der Waals surface area contributed by atoms with Gasteiger partial charge in [-0.2, -0.15) is 0 Å². The fourth-order valence-electron chi connectivity index (χ4n) is 1.74. The maximum absolute atomic E-state index is 9.43. The van der Waals surface area contributed by atoms with Gasteiger partial charge in [-0.05, 0) is 41.4 Å². The lowest BCUT2D eigenvalue weighted by molar-refractivity contribution is 0.405. The number of aromatic hydroxyl groups is 2. The summed E-state index contributed by atoms with van der Waals surface area (Å²) >= 11 is 0. The zero-order valence-electron chi connectivity index (χ0n) is 8.68. The molecule has 0 saturated carbocycles. The second-order valence-corrected chi connectivity index (χ2v) is 3.52. The van der Waals surface area contributed by atoms with E-state index in [1.54, 1.807) is 12.1 Å². The lowest BCUT2D eigenvalue weighted by Gasteiger charge is -2.06. The Balaban J connectivity index is 0.00000128. The second-order valence-electron chi connectivity index (χ2n) is 3.52. The summed E-state index contributed by atoms with van der Waals surface area (Å²) in [7, 11) is 0. The Bertz CT molecular complexity index is 500. The van der Waals surface area contributed by atoms with Gasteiger partial charge >= 0.3 is 0 Å². The molecule has 3 nitrogen and oxygen atoms in total. The highest BCUT2D eigenvalue weighted by Crippen LogP contribution is 2.31. The van der Waals surface area contributed by atoms with Gasteiger partial charge in [0.25, 0.3) is 0 Å². The molecule has 0 heterocycles. The van der Waals surface area contributed by atoms with Crippen molar-refractivity contribution in [2.45, 2.75) is 6.42 Å². The second kappa shape index (κ2) is 5.05. The average molecular weight is 240 g/mol. The molecule has 0 radical (unpaired) electrons. The van der Waals surface area contributed by atoms with Crippen LogP contribution in [0, 0.1) is 0 Å². The van der Waals surface area contributed by atoms with Crippen molar-refractivity contribution in [3.63, 3.8) is 0 Å². The smallest absolute Gasteiger partial charge is 0.158 e. The molecule has 2 aromatic carbocycles. The first-order valence-corrected chi connectivity index (χ1v) is 4.86. The van der Waals surface area contributed by atoms with E-state index in [0.29, 0.717) is 6.54 Å². The van der Waals surface area contributed by atoms with Crippen LogP contribution < -0.4 is 5.73 Å². The molecule has 86 valence electrons. The highest BCUT2D eigenvalue weighted by Gasteiger charge is 2.05. The minimum absolute atomic E-state index is 0. The molecule has 0 amide bonds. The van der Waals surface area contributed by atoms with Crippen LogP contribution in [-0.4, -0.2) is 16.8 Å². The van der Waals surface area contributed by atoms with Crippen LogP contribution in [0.5, 0.6) is 11.5 Å². The summed E-state index contributed by atoms with van der Waals surface area (Å²) in [6.45, 7) is 0.570. The first-order chi connectivity index (χ1) is 7.22. The standard InChI is InChI=1S/C12H13NO2.ClH/c13-5-4-8-2-1-3-9-6-11(14)12(15)7-10(8)9;/h1-3,6-7,14-15H,4-5,13H2;1H. The quantitative estimate of drug-likeness (QED) is 0.704. The predicted octanol–water partition coefficient (Wildman–Crippen LogP) is 2.17. The highest BCUT2D eigenvalue weighted by molar-refractivity contribution is 5.88. The molecule has 4 heteroatoms. The van der Waals surface area contributed by atoms with Gasteiger partial charge in [-0.15, -0.1) is 12.4 Å². The van der Waals surface area contributed by atoms with E-state index in [4.69, 9.17) is 5.73 Å². The van der Waals surface area contributed by atoms with Crippen molar-refractivity contribution in [1.29, 1.82) is 0 Å². The number of phenols is 2. The summed E-state index contributed by atoms with van der Waals surface area (Å²) in [4.78, 5) is 0. The van der Waals surface area contributed by atoms with E-state index in [0.717, 1.165) is 22.8 Å². The van der Waals surface area contributed by atoms with Crippen molar-refractivity contribution in [3.8, 4) is 11.5 Å². The zero-order chi connectivity index (χ0) is 10.8. The normalized spacial score (nSPS) is 10.1. The van der Waals surface area contributed by atoms with E-state index in [1.165, 1.54) is 0 Å². The van der Waals surface area contributed by atoms with Crippen molar-refractivity contribution in [2.24, 2.45) is 5.73 Å². The maximum Gasteiger partial charge on any atom is 0.158 e. The lowest BCUT2D eigenvalue weighted by atomic mass is 10.0. The minimum atomic E-state index is -0.0908. The van der Waals surface area contributed by atoms with Crippen LogP contribution in [0.1, 0.15) is 5.56 Å². The Kier molecular flexibility index (Phi) is 3.99. The molecule has 16 heavy (non-hydrogen) atoms. The van der Waals surface area contributed by atoms with Gasteiger partial charge in [0.2, 0.25) is 0 Å². The lowest BCUT2D eigenvalue weighted by Crippen LogP contribution is -2.02. The fourth-order valence-corrected chi connectivity index (χ4v) is 1.74. The van der Waals surface area contributed by atoms with Crippen molar-refractivity contribution in [3.05, 3.63) is 35.9 Å². The fraction of sp³-hybridized carbons (Fsp3) is 0.167. The number of fused-ring (bicyclic) bond motifs is 1. The SMILES string of the molecule is Cl.NCCc1cccc2cc(O)c(O)cc12. The topological polar surface area (TPSA) is 66.5 Å². The van der Waals surface area contributed by atoms with E-state index in [2.05, 4.69) is 0 Å². The molecular weight excluding hydrogens is 226 g/mol. The molecule has 0 aliphatic carbocycles. The largest absolute Gasteiger partial charge is 0.504 e. The van der Waals surface area contributed by atoms with E-state index in [9.17, 15) is 10.2 Å². The molecule has 2 aromatic rings. The van der Waals surface area contributed by atoms with Crippen molar-refractivity contribution < 1.29 is 10.2 Å². The van der Waals surface area contributed by atoms with Gasteiger partial charge in [-0.3, -0.25) is 0 Å². The van der Waals surface area contributed by atoms with Gasteiger partial charge in [0.05, 0.1) is 0 Å². The van der Waals surface area contributed by atoms with Crippen molar-refractivity contribution in [1.82, 2.24) is 0 Å². The van der Waals surface area contributed by atoms with Gasteiger partial charge in [-0.1, -0.05) is 18.2 Å². The number of hydrogen-bond donors (Lipinski definition) is 3. The number of halogens is 1. The Hall–Kier alpha value is -1.45. The van der Waals surface area contributed by atoms with Gasteiger partial charge in [-0.25, -0.2) is 0 Å². The first kappa shape index (κ1) is 12.6. The molecule has 4 N–H and O–H groups in total. The van der Waals surface area contributed by atoms with Crippen LogP contribution in [0.2, 0.25) is 0 Å². The van der Waals surface area contributed by atoms with Gasteiger partial charge in [0.15, 0.2) is 11.5 Å². The van der Waals surface area contributed by atoms with E-state index >= 15 is 0 Å². The molecular formula is C12H14ClNO2. The third-order valence-corrected chi connectivity index (χ3v) is 2.48. The molecule has 0 spiro atoms. The first-order valence-electron chi connectivity index (χ1n) is 4.86. The third kappa shape index (κ3) is 2.21. The summed E-state index contributed by atoms with van der Waals surface area (Å²) in [5.41, 5.74) is 6.60. The van der Waals surface area contributed by atoms with Gasteiger partial charge < -0.3 is 15.9 Å². The van der Waals surface area contributed by atoms with E-state index in [-0.39, 0.29) is 23.9 Å². The van der Waals surface area contributed by atoms with Crippen LogP contribution in [0.15, 0.2) is 30.3 Å². The highest BCUT2D eigenvalue weighted by atomic mass is 35.5. The average Bonchev–Trinajstić information content (AvgIpc) is 2.21. The monoisotopic (exact) mass is 239 g/mol. The molecule has 0 atom stereocenters. The van der Waals surface area contributed by atoms with E-state index in [1.807, 2.05) is 18.2 Å². The van der Waals surface area contributed by atoms with Crippen molar-refractivity contribution in [2.75, 3.05) is 6.54 Å². The summed E-state index contributed by atoms with van der Waals surface area (Å²) in [5.74, 6) is -0.181. The molecule has 0 fully saturated rings. The summed E-state index contributed by atoms with van der Waals surface area (Å²) in [6.07, 6.45) is 0.765. The molecule has 0 saturated heterocycles. The van der Waals surface area contributed by atoms with Gasteiger partial charge in [0.1, 0.15) is 0 Å². The van der Waals surface area contributed by atoms with Crippen LogP contribution in [-0.2, 0) is 6.42 Å². The minimum Gasteiger partial charge on any atom is -0.504 e. The third-order valence-electron chi connectivity index (χ3n) is 2.48. The molecule has 0 aliphatic heterocycles. The Morgan fingerprint density at radius 2 is 1.75 bits per heavy atom. The van der Waals surface area contributed by atoms with Crippen LogP contribution in [0.3, 0.4) is 0 Å². The van der Waals surface area contributed by atoms with Crippen LogP contribution >= 0.6 is 12.4 Å². The van der Waals surface area contributed by atoms with E-state index < -0.39 is 0 Å². The Morgan fingerprint density at radius 3 is 2.44 bits per heavy atom. The van der Waals surface area contributed by atoms with Crippen molar-refractivity contribution >= 4 is 23.2 Å². The predicted molar refractivity (Wildman–Crippen MR) is 67.3 cm³/mol. The van der Waals surface area contributed by atoms with Crippen LogP contribution in [0.4, 0.5) is 0 Å². The Morgan fingerprint density at radius 1 is 1.06 bits per heavy atom. The number of hydrogen-bond acceptors (Lipinski definition) is 3. The van der Waals surface area contributed by atoms with Gasteiger partial charge in [0, 0.05) is 0 Å². The summed E-state index contributed by atoms with van der Waals surface area (Å²) < 4.78 is 0. The Labute approximate surface area is 99.9 Å². The molecule has 0 unspecified atom stereocenters. The number of nitrogens with two attached hydrogens (primary N) is 1. The molecule has 0 aliphatic rings. The van der Waals surface area contributed by atoms with Crippen LogP contribution in [0.25, 0.3) is 10.8 Å². The molecule has 0 bridgehead atoms. The number of phenolic OH excluding ortho intramolecular Hbond substituents is 2. The zero-order valence-corrected chi connectivity index (χ0v) is 9.50. The summed E-state index contributed by atoms with van der Waals surface area (Å²) in [5, 5.41) is 20.6. The number of rotatable bonds is 2. The number of benzene rings is 2. The molecule has 2 rings (SSSR count). The molecule has 0 aromatic heterocycles. The summed E-state index contributed by atoms with van der Waals surface area (Å²) in [6, 6.07) is 8.93.